The second kappa shape index (κ2) is 9.60. The predicted molar refractivity (Wildman–Crippen MR) is 76.3 cm³/mol. The van der Waals surface area contributed by atoms with Crippen molar-refractivity contribution in [1.82, 2.24) is 5.32 Å². The molecule has 23 heavy (non-hydrogen) atoms. The number of hydrogen-bond donors (Lipinski definition) is 2. The van der Waals surface area contributed by atoms with Gasteiger partial charge in [0, 0.05) is 21.6 Å². The number of carbonyl (C=O) groups is 1. The topological polar surface area (TPSA) is 183 Å². The fraction of sp³-hybridized carbons (Fsp3) is 0.889. The Hall–Kier alpha value is -2.38. The van der Waals surface area contributed by atoms with Crippen molar-refractivity contribution in [3.8, 4) is 0 Å². The zero-order valence-electron chi connectivity index (χ0n) is 13.2. The van der Waals surface area contributed by atoms with Crippen molar-refractivity contribution in [2.75, 3.05) is 5.75 Å². The second-order valence-electron chi connectivity index (χ2n) is 5.09. The maximum Gasteiger partial charge on any atom is 0.332 e. The Balaban J connectivity index is 4.57. The monoisotopic (exact) mass is 349 g/mol. The van der Waals surface area contributed by atoms with Crippen molar-refractivity contribution < 1.29 is 17.5 Å². The zero-order chi connectivity index (χ0) is 17.9. The highest BCUT2D eigenvalue weighted by Gasteiger charge is 2.30. The normalized spacial score (nSPS) is 14.4. The summed E-state index contributed by atoms with van der Waals surface area (Å²) >= 11 is 0. The van der Waals surface area contributed by atoms with Gasteiger partial charge in [-0.1, -0.05) is 13.8 Å². The lowest BCUT2D eigenvalue weighted by atomic mass is 10.0. The molecule has 1 unspecified atom stereocenters. The maximum absolute atomic E-state index is 11.8. The van der Waals surface area contributed by atoms with Gasteiger partial charge in [-0.3, -0.25) is 4.79 Å². The van der Waals surface area contributed by atoms with Crippen LogP contribution in [0.4, 0.5) is 0 Å². The summed E-state index contributed by atoms with van der Waals surface area (Å²) in [4.78, 5) is 11.8. The molecule has 0 saturated carbocycles. The highest BCUT2D eigenvalue weighted by Crippen LogP contribution is 2.11. The van der Waals surface area contributed by atoms with E-state index in [0.717, 1.165) is 0 Å². The van der Waals surface area contributed by atoms with Crippen LogP contribution in [-0.4, -0.2) is 25.6 Å². The smallest absolute Gasteiger partial charge is 0.332 e. The minimum atomic E-state index is -4.09. The molecule has 0 bridgehead atoms. The Bertz CT molecular complexity index is 584. The van der Waals surface area contributed by atoms with Crippen LogP contribution >= 0.6 is 0 Å². The summed E-state index contributed by atoms with van der Waals surface area (Å²) in [6.45, 7) is 6.66. The van der Waals surface area contributed by atoms with Crippen LogP contribution in [0.15, 0.2) is 36.6 Å². The van der Waals surface area contributed by atoms with Gasteiger partial charge in [-0.2, -0.15) is 13.9 Å². The third-order valence-electron chi connectivity index (χ3n) is 2.45. The van der Waals surface area contributed by atoms with E-state index < -0.39 is 21.4 Å². The fourth-order valence-electron chi connectivity index (χ4n) is 1.30. The molecule has 0 saturated heterocycles. The molecule has 0 spiro atoms. The Kier molecular flexibility index (Phi) is 8.61. The zero-order valence-corrected chi connectivity index (χ0v) is 14.0. The van der Waals surface area contributed by atoms with Crippen LogP contribution in [0.5, 0.6) is 0 Å². The van der Waals surface area contributed by atoms with Gasteiger partial charge in [-0.05, 0) is 35.9 Å². The minimum Gasteiger partial charge on any atom is -0.350 e. The number of amides is 1. The Morgan fingerprint density at radius 2 is 1.78 bits per heavy atom. The van der Waals surface area contributed by atoms with Crippen molar-refractivity contribution in [3.63, 3.8) is 0 Å². The number of nitrogens with one attached hydrogen (secondary N) is 2. The van der Waals surface area contributed by atoms with E-state index in [1.165, 1.54) is 13.8 Å². The SMILES string of the molecule is CCC(C)C(=O)NC(C)(C)CS(=O)(=O)O/N=N/N=N/N=N/N=N. The molecule has 1 atom stereocenters. The summed E-state index contributed by atoms with van der Waals surface area (Å²) < 4.78 is 27.7. The largest absolute Gasteiger partial charge is 0.350 e. The van der Waals surface area contributed by atoms with Gasteiger partial charge in [0.25, 0.3) is 0 Å². The van der Waals surface area contributed by atoms with E-state index in [2.05, 4.69) is 46.2 Å². The summed E-state index contributed by atoms with van der Waals surface area (Å²) in [6.07, 6.45) is 0.634. The number of nitrogens with zero attached hydrogens (tertiary/aromatic N) is 7. The number of hydrogen-bond acceptors (Lipinski definition) is 6. The molecule has 0 heterocycles. The molecule has 0 radical (unpaired) electrons. The van der Waals surface area contributed by atoms with Crippen LogP contribution in [0, 0.1) is 11.4 Å². The number of rotatable bonds is 10. The standard InChI is InChI=1S/C9H19N9O4S/c1-5-7(2)8(19)11-9(3,4)6-23(20,21)22-18-17-16-15-14-13-12-10/h7,10H,5-6H2,1-4H3,(H,11,19)/b12-10?,14-13+,16-15+,18-17+. The van der Waals surface area contributed by atoms with Crippen molar-refractivity contribution in [1.29, 1.82) is 5.53 Å². The molecule has 13 nitrogen and oxygen atoms in total. The first-order valence-electron chi connectivity index (χ1n) is 6.43. The van der Waals surface area contributed by atoms with Crippen LogP contribution in [0.2, 0.25) is 0 Å². The first kappa shape index (κ1) is 20.6. The lowest BCUT2D eigenvalue weighted by molar-refractivity contribution is -0.125. The van der Waals surface area contributed by atoms with Crippen molar-refractivity contribution in [2.24, 2.45) is 42.5 Å². The van der Waals surface area contributed by atoms with Gasteiger partial charge in [-0.25, -0.2) is 4.28 Å². The van der Waals surface area contributed by atoms with Crippen LogP contribution in [0.3, 0.4) is 0 Å². The van der Waals surface area contributed by atoms with Gasteiger partial charge in [0.05, 0.1) is 10.8 Å². The van der Waals surface area contributed by atoms with Gasteiger partial charge in [0.2, 0.25) is 5.91 Å². The molecule has 0 rings (SSSR count). The molecule has 1 amide bonds. The van der Waals surface area contributed by atoms with Crippen LogP contribution < -0.4 is 5.32 Å². The average Bonchev–Trinajstić information content (AvgIpc) is 2.43. The van der Waals surface area contributed by atoms with Crippen molar-refractivity contribution >= 4 is 16.0 Å². The minimum absolute atomic E-state index is 0.234. The molecule has 0 aromatic heterocycles. The molecule has 0 aliphatic carbocycles. The fourth-order valence-corrected chi connectivity index (χ4v) is 2.44. The quantitative estimate of drug-likeness (QED) is 0.453. The molecular formula is C9H19N9O4S. The van der Waals surface area contributed by atoms with Crippen LogP contribution in [0.25, 0.3) is 0 Å². The Morgan fingerprint density at radius 3 is 2.35 bits per heavy atom. The number of carbonyl (C=O) groups excluding carboxylic acids is 1. The van der Waals surface area contributed by atoms with E-state index in [1.54, 1.807) is 6.92 Å². The molecule has 2 N–H and O–H groups in total. The molecule has 0 aromatic rings. The average molecular weight is 349 g/mol. The van der Waals surface area contributed by atoms with Gasteiger partial charge in [-0.15, -0.1) is 0 Å². The molecular weight excluding hydrogens is 330 g/mol. The lowest BCUT2D eigenvalue weighted by Crippen LogP contribution is -2.50. The molecule has 0 aromatic carbocycles. The third kappa shape index (κ3) is 10.0. The first-order chi connectivity index (χ1) is 10.6. The first-order valence-corrected chi connectivity index (χ1v) is 8.01. The Labute approximate surface area is 133 Å². The Morgan fingerprint density at radius 1 is 1.22 bits per heavy atom. The van der Waals surface area contributed by atoms with Crippen LogP contribution in [-0.2, 0) is 19.2 Å². The highest BCUT2D eigenvalue weighted by molar-refractivity contribution is 7.86. The van der Waals surface area contributed by atoms with E-state index in [9.17, 15) is 13.2 Å². The molecule has 0 aliphatic rings. The predicted octanol–water partition coefficient (Wildman–Crippen LogP) is 2.32. The van der Waals surface area contributed by atoms with E-state index in [4.69, 9.17) is 5.53 Å². The summed E-state index contributed by atoms with van der Waals surface area (Å²) in [5.41, 5.74) is 5.19. The van der Waals surface area contributed by atoms with E-state index in [1.807, 2.05) is 6.92 Å². The van der Waals surface area contributed by atoms with Crippen molar-refractivity contribution in [3.05, 3.63) is 0 Å². The lowest BCUT2D eigenvalue weighted by Gasteiger charge is -2.26. The van der Waals surface area contributed by atoms with Gasteiger partial charge in [0.1, 0.15) is 5.75 Å². The van der Waals surface area contributed by atoms with E-state index in [-0.39, 0.29) is 11.8 Å². The molecule has 0 aliphatic heterocycles. The molecule has 130 valence electrons. The van der Waals surface area contributed by atoms with Gasteiger partial charge < -0.3 is 5.32 Å². The molecule has 14 heteroatoms. The van der Waals surface area contributed by atoms with Gasteiger partial charge in [0.15, 0.2) is 0 Å². The van der Waals surface area contributed by atoms with E-state index in [0.29, 0.717) is 6.42 Å². The molecule has 0 fully saturated rings. The third-order valence-corrected chi connectivity index (χ3v) is 3.82. The summed E-state index contributed by atoms with van der Waals surface area (Å²) in [7, 11) is -4.09. The maximum atomic E-state index is 11.8. The second-order valence-corrected chi connectivity index (χ2v) is 6.64. The highest BCUT2D eigenvalue weighted by atomic mass is 32.2. The van der Waals surface area contributed by atoms with E-state index >= 15 is 0 Å². The summed E-state index contributed by atoms with van der Waals surface area (Å²) in [5, 5.41) is 22.3. The van der Waals surface area contributed by atoms with Crippen LogP contribution in [0.1, 0.15) is 34.1 Å². The van der Waals surface area contributed by atoms with Crippen molar-refractivity contribution in [2.45, 2.75) is 39.7 Å². The summed E-state index contributed by atoms with van der Waals surface area (Å²) in [6, 6.07) is 0. The summed E-state index contributed by atoms with van der Waals surface area (Å²) in [5.74, 6) is -1.01. The van der Waals surface area contributed by atoms with Gasteiger partial charge >= 0.3 is 10.1 Å².